The normalized spacial score (nSPS) is 29.3. The van der Waals surface area contributed by atoms with Crippen LogP contribution in [0.5, 0.6) is 0 Å². The van der Waals surface area contributed by atoms with E-state index in [0.29, 0.717) is 5.92 Å². The molecule has 0 bridgehead atoms. The van der Waals surface area contributed by atoms with Gasteiger partial charge in [-0.15, -0.1) is 0 Å². The van der Waals surface area contributed by atoms with E-state index in [1.54, 1.807) is 0 Å². The molecule has 1 atom stereocenters. The Kier molecular flexibility index (Phi) is 5.38. The van der Waals surface area contributed by atoms with Crippen LogP contribution < -0.4 is 0 Å². The van der Waals surface area contributed by atoms with Crippen LogP contribution in [0.1, 0.15) is 70.6 Å². The quantitative estimate of drug-likeness (QED) is 0.698. The van der Waals surface area contributed by atoms with Gasteiger partial charge in [-0.25, -0.2) is 0 Å². The highest BCUT2D eigenvalue weighted by atomic mass is 16.2. The molecule has 0 spiro atoms. The van der Waals surface area contributed by atoms with Crippen LogP contribution in [0.3, 0.4) is 0 Å². The first-order valence-corrected chi connectivity index (χ1v) is 9.30. The third-order valence-electron chi connectivity index (χ3n) is 6.01. The Balaban J connectivity index is 1.46. The van der Waals surface area contributed by atoms with Gasteiger partial charge in [0.15, 0.2) is 0 Å². The monoisotopic (exact) mass is 289 g/mol. The molecule has 118 valence electrons. The fourth-order valence-corrected chi connectivity index (χ4v) is 4.63. The van der Waals surface area contributed by atoms with Gasteiger partial charge in [-0.05, 0) is 43.1 Å². The fourth-order valence-electron chi connectivity index (χ4n) is 4.63. The summed E-state index contributed by atoms with van der Waals surface area (Å²) >= 11 is 0. The Hall–Kier alpha value is -0.790. The predicted octanol–water partition coefficient (Wildman–Crippen LogP) is 4.55. The highest BCUT2D eigenvalue weighted by Crippen LogP contribution is 2.35. The molecule has 1 amide bonds. The molecule has 0 aromatic rings. The van der Waals surface area contributed by atoms with E-state index in [0.717, 1.165) is 24.9 Å². The van der Waals surface area contributed by atoms with Crippen LogP contribution in [0.4, 0.5) is 0 Å². The van der Waals surface area contributed by atoms with Crippen molar-refractivity contribution in [3.05, 3.63) is 12.2 Å². The van der Waals surface area contributed by atoms with E-state index in [1.165, 1.54) is 70.6 Å². The molecule has 2 saturated carbocycles. The van der Waals surface area contributed by atoms with Gasteiger partial charge in [0, 0.05) is 13.1 Å². The first-order valence-electron chi connectivity index (χ1n) is 9.30. The molecular weight excluding hydrogens is 258 g/mol. The highest BCUT2D eigenvalue weighted by molar-refractivity contribution is 5.87. The summed E-state index contributed by atoms with van der Waals surface area (Å²) in [5, 5.41) is 0. The molecule has 1 unspecified atom stereocenters. The minimum absolute atomic E-state index is 0.277. The number of hydrogen-bond acceptors (Lipinski definition) is 1. The number of hydrogen-bond donors (Lipinski definition) is 0. The average Bonchev–Trinajstić information content (AvgIpc) is 3.04. The van der Waals surface area contributed by atoms with Crippen molar-refractivity contribution in [2.45, 2.75) is 70.6 Å². The maximum atomic E-state index is 12.4. The van der Waals surface area contributed by atoms with Crippen LogP contribution in [-0.4, -0.2) is 23.9 Å². The summed E-state index contributed by atoms with van der Waals surface area (Å²) in [6.07, 6.45) is 19.0. The number of carbonyl (C=O) groups is 1. The topological polar surface area (TPSA) is 20.3 Å². The van der Waals surface area contributed by atoms with Crippen molar-refractivity contribution in [1.82, 2.24) is 4.90 Å². The number of nitrogens with zero attached hydrogens (tertiary/aromatic N) is 1. The number of amides is 1. The minimum Gasteiger partial charge on any atom is -0.339 e. The lowest BCUT2D eigenvalue weighted by atomic mass is 9.80. The molecule has 3 fully saturated rings. The van der Waals surface area contributed by atoms with Gasteiger partial charge in [-0.3, -0.25) is 4.79 Å². The van der Waals surface area contributed by atoms with Crippen LogP contribution in [0.25, 0.3) is 0 Å². The maximum Gasteiger partial charge on any atom is 0.246 e. The third-order valence-corrected chi connectivity index (χ3v) is 6.01. The van der Waals surface area contributed by atoms with E-state index in [-0.39, 0.29) is 5.91 Å². The minimum atomic E-state index is 0.277. The second-order valence-corrected chi connectivity index (χ2v) is 7.49. The van der Waals surface area contributed by atoms with Gasteiger partial charge in [0.25, 0.3) is 0 Å². The molecule has 2 nitrogen and oxygen atoms in total. The van der Waals surface area contributed by atoms with Crippen molar-refractivity contribution in [2.24, 2.45) is 17.8 Å². The number of carbonyl (C=O) groups excluding carboxylic acids is 1. The summed E-state index contributed by atoms with van der Waals surface area (Å²) in [5.41, 5.74) is 0. The third kappa shape index (κ3) is 4.11. The molecule has 0 radical (unpaired) electrons. The summed E-state index contributed by atoms with van der Waals surface area (Å²) in [4.78, 5) is 14.5. The zero-order valence-corrected chi connectivity index (χ0v) is 13.4. The molecule has 1 heterocycles. The summed E-state index contributed by atoms with van der Waals surface area (Å²) in [5.74, 6) is 2.63. The summed E-state index contributed by atoms with van der Waals surface area (Å²) < 4.78 is 0. The van der Waals surface area contributed by atoms with E-state index in [2.05, 4.69) is 11.0 Å². The van der Waals surface area contributed by atoms with E-state index in [1.807, 2.05) is 6.08 Å². The Morgan fingerprint density at radius 1 is 0.810 bits per heavy atom. The molecule has 2 heteroatoms. The van der Waals surface area contributed by atoms with E-state index >= 15 is 0 Å². The van der Waals surface area contributed by atoms with Crippen molar-refractivity contribution < 1.29 is 4.79 Å². The van der Waals surface area contributed by atoms with Gasteiger partial charge < -0.3 is 4.90 Å². The SMILES string of the molecule is O=C(/C=C/C1CCCCC1)N1CCC(C2CCCCC2)C1. The molecule has 3 rings (SSSR count). The van der Waals surface area contributed by atoms with Gasteiger partial charge in [-0.1, -0.05) is 57.4 Å². The van der Waals surface area contributed by atoms with Crippen LogP contribution in [-0.2, 0) is 4.79 Å². The van der Waals surface area contributed by atoms with E-state index < -0.39 is 0 Å². The highest BCUT2D eigenvalue weighted by Gasteiger charge is 2.31. The molecular formula is C19H31NO. The molecule has 0 aromatic carbocycles. The van der Waals surface area contributed by atoms with Crippen molar-refractivity contribution >= 4 is 5.91 Å². The van der Waals surface area contributed by atoms with Gasteiger partial charge >= 0.3 is 0 Å². The smallest absolute Gasteiger partial charge is 0.246 e. The predicted molar refractivity (Wildman–Crippen MR) is 87.0 cm³/mol. The maximum absolute atomic E-state index is 12.4. The second-order valence-electron chi connectivity index (χ2n) is 7.49. The Labute approximate surface area is 130 Å². The Bertz CT molecular complexity index is 364. The standard InChI is InChI=1S/C19H31NO/c21-19(12-11-16-7-3-1-4-8-16)20-14-13-18(15-20)17-9-5-2-6-10-17/h11-12,16-18H,1-10,13-15H2/b12-11+. The lowest BCUT2D eigenvalue weighted by Gasteiger charge is -2.27. The Morgan fingerprint density at radius 3 is 2.19 bits per heavy atom. The lowest BCUT2D eigenvalue weighted by Crippen LogP contribution is -2.29. The van der Waals surface area contributed by atoms with Crippen LogP contribution in [0.15, 0.2) is 12.2 Å². The Morgan fingerprint density at radius 2 is 1.48 bits per heavy atom. The van der Waals surface area contributed by atoms with Gasteiger partial charge in [0.2, 0.25) is 5.91 Å². The van der Waals surface area contributed by atoms with E-state index in [4.69, 9.17) is 0 Å². The zero-order chi connectivity index (χ0) is 14.5. The van der Waals surface area contributed by atoms with Crippen molar-refractivity contribution in [3.8, 4) is 0 Å². The first-order chi connectivity index (χ1) is 10.3. The van der Waals surface area contributed by atoms with Crippen molar-refractivity contribution in [1.29, 1.82) is 0 Å². The zero-order valence-electron chi connectivity index (χ0n) is 13.4. The first kappa shape index (κ1) is 15.1. The van der Waals surface area contributed by atoms with Gasteiger partial charge in [-0.2, -0.15) is 0 Å². The number of likely N-dealkylation sites (tertiary alicyclic amines) is 1. The fraction of sp³-hybridized carbons (Fsp3) is 0.842. The van der Waals surface area contributed by atoms with Gasteiger partial charge in [0.05, 0.1) is 0 Å². The molecule has 2 aliphatic carbocycles. The molecule has 1 aliphatic heterocycles. The summed E-state index contributed by atoms with van der Waals surface area (Å²) in [6.45, 7) is 2.02. The largest absolute Gasteiger partial charge is 0.339 e. The van der Waals surface area contributed by atoms with E-state index in [9.17, 15) is 4.79 Å². The molecule has 0 aromatic heterocycles. The van der Waals surface area contributed by atoms with Crippen LogP contribution >= 0.6 is 0 Å². The number of rotatable bonds is 3. The van der Waals surface area contributed by atoms with Crippen molar-refractivity contribution in [2.75, 3.05) is 13.1 Å². The second kappa shape index (κ2) is 7.47. The average molecular weight is 289 g/mol. The van der Waals surface area contributed by atoms with Crippen LogP contribution in [0.2, 0.25) is 0 Å². The van der Waals surface area contributed by atoms with Gasteiger partial charge in [0.1, 0.15) is 0 Å². The summed E-state index contributed by atoms with van der Waals surface area (Å²) in [7, 11) is 0. The number of allylic oxidation sites excluding steroid dienone is 1. The summed E-state index contributed by atoms with van der Waals surface area (Å²) in [6, 6.07) is 0. The molecule has 1 saturated heterocycles. The lowest BCUT2D eigenvalue weighted by molar-refractivity contribution is -0.125. The molecule has 0 N–H and O–H groups in total. The van der Waals surface area contributed by atoms with Crippen molar-refractivity contribution in [3.63, 3.8) is 0 Å². The molecule has 3 aliphatic rings. The molecule has 21 heavy (non-hydrogen) atoms. The van der Waals surface area contributed by atoms with Crippen LogP contribution in [0, 0.1) is 17.8 Å².